The van der Waals surface area contributed by atoms with Gasteiger partial charge in [-0.25, -0.2) is 0 Å². The van der Waals surface area contributed by atoms with Gasteiger partial charge in [-0.15, -0.1) is 5.10 Å². The lowest BCUT2D eigenvalue weighted by Gasteiger charge is -2.05. The summed E-state index contributed by atoms with van der Waals surface area (Å²) in [6, 6.07) is 6.24. The lowest BCUT2D eigenvalue weighted by Crippen LogP contribution is -2.16. The molecule has 0 spiro atoms. The van der Waals surface area contributed by atoms with E-state index in [2.05, 4.69) is 36.4 Å². The molecule has 0 aliphatic heterocycles. The van der Waals surface area contributed by atoms with Gasteiger partial charge in [0.05, 0.1) is 11.9 Å². The van der Waals surface area contributed by atoms with Crippen molar-refractivity contribution in [2.24, 2.45) is 0 Å². The van der Waals surface area contributed by atoms with Gasteiger partial charge in [0.1, 0.15) is 5.75 Å². The average Bonchev–Trinajstić information content (AvgIpc) is 3.22. The quantitative estimate of drug-likeness (QED) is 0.917. The van der Waals surface area contributed by atoms with E-state index in [1.807, 2.05) is 18.2 Å². The van der Waals surface area contributed by atoms with Crippen LogP contribution in [-0.2, 0) is 6.54 Å². The summed E-state index contributed by atoms with van der Waals surface area (Å²) in [5, 5.41) is 11.6. The summed E-state index contributed by atoms with van der Waals surface area (Å²) in [7, 11) is 0. The molecule has 2 aromatic heterocycles. The van der Waals surface area contributed by atoms with Gasteiger partial charge < -0.3 is 10.1 Å². The third-order valence-electron chi connectivity index (χ3n) is 2.75. The normalized spacial score (nSPS) is 14.4. The highest BCUT2D eigenvalue weighted by Gasteiger charge is 2.20. The minimum Gasteiger partial charge on any atom is -0.436 e. The fourth-order valence-corrected chi connectivity index (χ4v) is 1.95. The van der Waals surface area contributed by atoms with E-state index >= 15 is 0 Å². The predicted octanol–water partition coefficient (Wildman–Crippen LogP) is 2.68. The Bertz CT molecular complexity index is 557. The zero-order chi connectivity index (χ0) is 13.1. The molecule has 19 heavy (non-hydrogen) atoms. The summed E-state index contributed by atoms with van der Waals surface area (Å²) < 4.78 is 6.43. The smallest absolute Gasteiger partial charge is 0.238 e. The van der Waals surface area contributed by atoms with E-state index in [-0.39, 0.29) is 0 Å². The monoisotopic (exact) mass is 320 g/mol. The highest BCUT2D eigenvalue weighted by molar-refractivity contribution is 9.10. The minimum atomic E-state index is 0.468. The number of rotatable bonds is 5. The minimum absolute atomic E-state index is 0.468. The van der Waals surface area contributed by atoms with Crippen molar-refractivity contribution < 1.29 is 4.74 Å². The second kappa shape index (κ2) is 5.63. The molecule has 0 aromatic carbocycles. The molecule has 1 aliphatic carbocycles. The maximum absolute atomic E-state index is 5.57. The Labute approximate surface area is 119 Å². The highest BCUT2D eigenvalue weighted by Crippen LogP contribution is 2.21. The average molecular weight is 321 g/mol. The van der Waals surface area contributed by atoms with Crippen LogP contribution in [0.15, 0.2) is 35.1 Å². The summed E-state index contributed by atoms with van der Waals surface area (Å²) in [6.07, 6.45) is 5.87. The predicted molar refractivity (Wildman–Crippen MR) is 73.9 cm³/mol. The van der Waals surface area contributed by atoms with E-state index in [1.54, 1.807) is 12.4 Å². The van der Waals surface area contributed by atoms with Crippen molar-refractivity contribution >= 4 is 15.9 Å². The highest BCUT2D eigenvalue weighted by atomic mass is 79.9. The number of ether oxygens (including phenoxy) is 1. The molecule has 0 saturated heterocycles. The van der Waals surface area contributed by atoms with Gasteiger partial charge in [0, 0.05) is 29.3 Å². The van der Waals surface area contributed by atoms with Crippen molar-refractivity contribution in [3.63, 3.8) is 0 Å². The fourth-order valence-electron chi connectivity index (χ4n) is 1.60. The van der Waals surface area contributed by atoms with Gasteiger partial charge in [0.2, 0.25) is 5.88 Å². The Balaban J connectivity index is 1.61. The van der Waals surface area contributed by atoms with Crippen LogP contribution in [0.4, 0.5) is 0 Å². The van der Waals surface area contributed by atoms with Crippen LogP contribution in [0.1, 0.15) is 18.5 Å². The SMILES string of the molecule is Brc1cncc(Oc2ccc(CNC3CC3)nn2)c1. The number of aromatic nitrogens is 3. The summed E-state index contributed by atoms with van der Waals surface area (Å²) in [5.41, 5.74) is 0.923. The fraction of sp³-hybridized carbons (Fsp3) is 0.308. The third kappa shape index (κ3) is 3.71. The van der Waals surface area contributed by atoms with Crippen molar-refractivity contribution in [3.05, 3.63) is 40.8 Å². The van der Waals surface area contributed by atoms with Crippen LogP contribution in [0.25, 0.3) is 0 Å². The van der Waals surface area contributed by atoms with Crippen molar-refractivity contribution in [2.75, 3.05) is 0 Å². The molecular formula is C13H13BrN4O. The summed E-state index contributed by atoms with van der Waals surface area (Å²) >= 11 is 3.34. The largest absolute Gasteiger partial charge is 0.436 e. The van der Waals surface area contributed by atoms with Gasteiger partial charge in [0.25, 0.3) is 0 Å². The zero-order valence-electron chi connectivity index (χ0n) is 10.2. The van der Waals surface area contributed by atoms with Gasteiger partial charge in [0.15, 0.2) is 0 Å². The molecule has 0 atom stereocenters. The van der Waals surface area contributed by atoms with Gasteiger partial charge in [-0.3, -0.25) is 4.98 Å². The Morgan fingerprint density at radius 2 is 2.16 bits per heavy atom. The maximum Gasteiger partial charge on any atom is 0.238 e. The third-order valence-corrected chi connectivity index (χ3v) is 3.18. The first-order valence-corrected chi connectivity index (χ1v) is 6.93. The summed E-state index contributed by atoms with van der Waals surface area (Å²) in [4.78, 5) is 4.02. The second-order valence-corrected chi connectivity index (χ2v) is 5.37. The lowest BCUT2D eigenvalue weighted by molar-refractivity contribution is 0.450. The van der Waals surface area contributed by atoms with Crippen LogP contribution >= 0.6 is 15.9 Å². The molecular weight excluding hydrogens is 308 g/mol. The number of nitrogens with zero attached hydrogens (tertiary/aromatic N) is 3. The Hall–Kier alpha value is -1.53. The number of hydrogen-bond acceptors (Lipinski definition) is 5. The molecule has 0 bridgehead atoms. The van der Waals surface area contributed by atoms with E-state index in [0.29, 0.717) is 17.7 Å². The molecule has 1 N–H and O–H groups in total. The van der Waals surface area contributed by atoms with E-state index < -0.39 is 0 Å². The van der Waals surface area contributed by atoms with E-state index in [4.69, 9.17) is 4.74 Å². The van der Waals surface area contributed by atoms with Gasteiger partial charge in [-0.05, 0) is 40.9 Å². The first-order chi connectivity index (χ1) is 9.29. The number of nitrogens with one attached hydrogen (secondary N) is 1. The lowest BCUT2D eigenvalue weighted by atomic mass is 10.4. The number of halogens is 1. The molecule has 0 radical (unpaired) electrons. The zero-order valence-corrected chi connectivity index (χ0v) is 11.8. The van der Waals surface area contributed by atoms with Crippen molar-refractivity contribution in [1.29, 1.82) is 0 Å². The topological polar surface area (TPSA) is 59.9 Å². The van der Waals surface area contributed by atoms with Crippen LogP contribution in [0.3, 0.4) is 0 Å². The molecule has 2 aromatic rings. The molecule has 0 unspecified atom stereocenters. The molecule has 1 saturated carbocycles. The Morgan fingerprint density at radius 3 is 2.84 bits per heavy atom. The van der Waals surface area contributed by atoms with E-state index in [1.165, 1.54) is 12.8 Å². The van der Waals surface area contributed by atoms with Gasteiger partial charge in [-0.2, -0.15) is 5.10 Å². The van der Waals surface area contributed by atoms with Crippen LogP contribution < -0.4 is 10.1 Å². The molecule has 1 fully saturated rings. The van der Waals surface area contributed by atoms with E-state index in [9.17, 15) is 0 Å². The van der Waals surface area contributed by atoms with Gasteiger partial charge in [-0.1, -0.05) is 0 Å². The van der Waals surface area contributed by atoms with Crippen LogP contribution in [-0.4, -0.2) is 21.2 Å². The molecule has 3 rings (SSSR count). The first kappa shape index (κ1) is 12.5. The Kier molecular flexibility index (Phi) is 3.70. The second-order valence-electron chi connectivity index (χ2n) is 4.46. The standard InChI is InChI=1S/C13H13BrN4O/c14-9-5-12(8-15-6-9)19-13-4-3-11(17-18-13)7-16-10-1-2-10/h3-6,8,10,16H,1-2,7H2. The van der Waals surface area contributed by atoms with Crippen molar-refractivity contribution in [3.8, 4) is 11.6 Å². The molecule has 0 amide bonds. The molecule has 98 valence electrons. The van der Waals surface area contributed by atoms with E-state index in [0.717, 1.165) is 16.7 Å². The number of hydrogen-bond donors (Lipinski definition) is 1. The molecule has 1 aliphatic rings. The van der Waals surface area contributed by atoms with Gasteiger partial charge >= 0.3 is 0 Å². The molecule has 5 nitrogen and oxygen atoms in total. The van der Waals surface area contributed by atoms with Crippen LogP contribution in [0.2, 0.25) is 0 Å². The van der Waals surface area contributed by atoms with Crippen molar-refractivity contribution in [1.82, 2.24) is 20.5 Å². The van der Waals surface area contributed by atoms with Crippen molar-refractivity contribution in [2.45, 2.75) is 25.4 Å². The maximum atomic E-state index is 5.57. The Morgan fingerprint density at radius 1 is 1.26 bits per heavy atom. The first-order valence-electron chi connectivity index (χ1n) is 6.14. The summed E-state index contributed by atoms with van der Waals surface area (Å²) in [6.45, 7) is 0.760. The molecule has 6 heteroatoms. The summed E-state index contributed by atoms with van der Waals surface area (Å²) in [5.74, 6) is 1.10. The van der Waals surface area contributed by atoms with Crippen LogP contribution in [0.5, 0.6) is 11.6 Å². The van der Waals surface area contributed by atoms with Crippen LogP contribution in [0, 0.1) is 0 Å². The molecule has 2 heterocycles. The number of pyridine rings is 1.